The molecule has 3 rings (SSSR count). The lowest BCUT2D eigenvalue weighted by Gasteiger charge is -2.10. The second-order valence-electron chi connectivity index (χ2n) is 5.15. The summed E-state index contributed by atoms with van der Waals surface area (Å²) >= 11 is 7.52. The van der Waals surface area contributed by atoms with E-state index >= 15 is 0 Å². The number of sulfone groups is 1. The number of methoxy groups -OCH3 is 1. The van der Waals surface area contributed by atoms with Crippen molar-refractivity contribution in [3.63, 3.8) is 0 Å². The predicted molar refractivity (Wildman–Crippen MR) is 96.4 cm³/mol. The molecule has 0 saturated carbocycles. The van der Waals surface area contributed by atoms with Crippen molar-refractivity contribution in [3.8, 4) is 16.9 Å². The van der Waals surface area contributed by atoms with Crippen molar-refractivity contribution in [3.05, 3.63) is 64.1 Å². The third-order valence-electron chi connectivity index (χ3n) is 3.47. The summed E-state index contributed by atoms with van der Waals surface area (Å²) in [6, 6.07) is 8.36. The van der Waals surface area contributed by atoms with E-state index in [0.29, 0.717) is 10.6 Å². The van der Waals surface area contributed by atoms with Gasteiger partial charge in [0.2, 0.25) is 0 Å². The first kappa shape index (κ1) is 17.0. The second-order valence-corrected chi connectivity index (χ2v) is 8.32. The summed E-state index contributed by atoms with van der Waals surface area (Å²) < 4.78 is 30.7. The molecule has 7 heteroatoms. The van der Waals surface area contributed by atoms with E-state index in [4.69, 9.17) is 16.3 Å². The molecule has 0 aliphatic rings. The first-order valence-corrected chi connectivity index (χ1v) is 10.00. The van der Waals surface area contributed by atoms with E-state index in [1.807, 2.05) is 22.9 Å². The van der Waals surface area contributed by atoms with Crippen molar-refractivity contribution in [2.45, 2.75) is 10.6 Å². The predicted octanol–water partition coefficient (Wildman–Crippen LogP) is 4.45. The standard InChI is InChI=1S/C17H14ClNO3S2/c1-22-16-3-2-15(18)7-17(16)24(20,21)11-12-6-14(9-19-8-12)13-4-5-23-10-13/h2-10H,11H2,1H3. The highest BCUT2D eigenvalue weighted by atomic mass is 35.5. The zero-order chi connectivity index (χ0) is 17.2. The fourth-order valence-corrected chi connectivity index (χ4v) is 4.76. The summed E-state index contributed by atoms with van der Waals surface area (Å²) in [5, 5.41) is 4.31. The number of aromatic nitrogens is 1. The van der Waals surface area contributed by atoms with E-state index in [0.717, 1.165) is 11.1 Å². The molecule has 0 unspecified atom stereocenters. The highest BCUT2D eigenvalue weighted by Gasteiger charge is 2.21. The minimum absolute atomic E-state index is 0.0819. The molecule has 0 amide bonds. The van der Waals surface area contributed by atoms with Crippen molar-refractivity contribution in [1.29, 1.82) is 0 Å². The van der Waals surface area contributed by atoms with Crippen molar-refractivity contribution in [1.82, 2.24) is 4.98 Å². The van der Waals surface area contributed by atoms with Gasteiger partial charge in [0.1, 0.15) is 10.6 Å². The number of thiophene rings is 1. The van der Waals surface area contributed by atoms with Gasteiger partial charge >= 0.3 is 0 Å². The average Bonchev–Trinajstić information content (AvgIpc) is 3.09. The van der Waals surface area contributed by atoms with Gasteiger partial charge in [-0.15, -0.1) is 0 Å². The molecule has 0 radical (unpaired) electrons. The SMILES string of the molecule is COc1ccc(Cl)cc1S(=O)(=O)Cc1cncc(-c2ccsc2)c1. The molecule has 4 nitrogen and oxygen atoms in total. The van der Waals surface area contributed by atoms with Crippen LogP contribution in [0.5, 0.6) is 5.75 Å². The van der Waals surface area contributed by atoms with Crippen molar-refractivity contribution in [2.75, 3.05) is 7.11 Å². The molecule has 0 N–H and O–H groups in total. The van der Waals surface area contributed by atoms with Gasteiger partial charge in [0.05, 0.1) is 12.9 Å². The molecule has 3 aromatic rings. The lowest BCUT2D eigenvalue weighted by molar-refractivity contribution is 0.402. The molecule has 0 spiro atoms. The van der Waals surface area contributed by atoms with Crippen LogP contribution in [0.15, 0.2) is 58.4 Å². The highest BCUT2D eigenvalue weighted by molar-refractivity contribution is 7.90. The van der Waals surface area contributed by atoms with Gasteiger partial charge in [-0.05, 0) is 52.2 Å². The summed E-state index contributed by atoms with van der Waals surface area (Å²) in [5.41, 5.74) is 2.52. The van der Waals surface area contributed by atoms with E-state index in [1.54, 1.807) is 35.9 Å². The van der Waals surface area contributed by atoms with Crippen LogP contribution in [0, 0.1) is 0 Å². The van der Waals surface area contributed by atoms with Crippen LogP contribution in [0.1, 0.15) is 5.56 Å². The van der Waals surface area contributed by atoms with E-state index in [2.05, 4.69) is 4.98 Å². The largest absolute Gasteiger partial charge is 0.495 e. The van der Waals surface area contributed by atoms with Crippen molar-refractivity contribution >= 4 is 32.8 Å². The molecular weight excluding hydrogens is 366 g/mol. The Labute approximate surface area is 149 Å². The third kappa shape index (κ3) is 3.61. The second kappa shape index (κ2) is 6.93. The van der Waals surface area contributed by atoms with Crippen LogP contribution in [-0.2, 0) is 15.6 Å². The molecular formula is C17H14ClNO3S2. The molecule has 24 heavy (non-hydrogen) atoms. The van der Waals surface area contributed by atoms with Crippen LogP contribution in [-0.4, -0.2) is 20.5 Å². The van der Waals surface area contributed by atoms with Crippen LogP contribution in [0.3, 0.4) is 0 Å². The Hall–Kier alpha value is -1.89. The third-order valence-corrected chi connectivity index (χ3v) is 6.09. The van der Waals surface area contributed by atoms with Gasteiger partial charge in [-0.1, -0.05) is 11.6 Å². The molecule has 0 bridgehead atoms. The Kier molecular flexibility index (Phi) is 4.89. The monoisotopic (exact) mass is 379 g/mol. The number of nitrogens with zero attached hydrogens (tertiary/aromatic N) is 1. The summed E-state index contributed by atoms with van der Waals surface area (Å²) in [6.07, 6.45) is 3.28. The Morgan fingerprint density at radius 2 is 2.00 bits per heavy atom. The number of benzene rings is 1. The fraction of sp³-hybridized carbons (Fsp3) is 0.118. The Morgan fingerprint density at radius 1 is 1.17 bits per heavy atom. The number of rotatable bonds is 5. The number of ether oxygens (including phenoxy) is 1. The number of halogens is 1. The smallest absolute Gasteiger partial charge is 0.186 e. The Bertz CT molecular complexity index is 954. The molecule has 0 aliphatic heterocycles. The van der Waals surface area contributed by atoms with Crippen LogP contribution < -0.4 is 4.74 Å². The van der Waals surface area contributed by atoms with Crippen molar-refractivity contribution in [2.24, 2.45) is 0 Å². The molecule has 2 aromatic heterocycles. The Balaban J connectivity index is 1.96. The molecule has 0 saturated heterocycles. The zero-order valence-electron chi connectivity index (χ0n) is 12.8. The van der Waals surface area contributed by atoms with Crippen LogP contribution in [0.2, 0.25) is 5.02 Å². The van der Waals surface area contributed by atoms with E-state index < -0.39 is 9.84 Å². The molecule has 1 aromatic carbocycles. The highest BCUT2D eigenvalue weighted by Crippen LogP contribution is 2.30. The summed E-state index contributed by atoms with van der Waals surface area (Å²) in [7, 11) is -2.18. The normalized spacial score (nSPS) is 11.4. The lowest BCUT2D eigenvalue weighted by Crippen LogP contribution is -2.07. The van der Waals surface area contributed by atoms with Crippen LogP contribution in [0.25, 0.3) is 11.1 Å². The van der Waals surface area contributed by atoms with Gasteiger partial charge in [0.25, 0.3) is 0 Å². The average molecular weight is 380 g/mol. The number of pyridine rings is 1. The quantitative estimate of drug-likeness (QED) is 0.657. The van der Waals surface area contributed by atoms with Gasteiger partial charge < -0.3 is 4.74 Å². The van der Waals surface area contributed by atoms with E-state index in [9.17, 15) is 8.42 Å². The van der Waals surface area contributed by atoms with Gasteiger partial charge in [0, 0.05) is 23.0 Å². The van der Waals surface area contributed by atoms with Gasteiger partial charge in [0.15, 0.2) is 9.84 Å². The minimum Gasteiger partial charge on any atom is -0.495 e. The first-order valence-electron chi connectivity index (χ1n) is 7.02. The molecule has 124 valence electrons. The number of hydrogen-bond donors (Lipinski definition) is 0. The zero-order valence-corrected chi connectivity index (χ0v) is 15.2. The number of hydrogen-bond acceptors (Lipinski definition) is 5. The molecule has 2 heterocycles. The van der Waals surface area contributed by atoms with E-state index in [-0.39, 0.29) is 16.4 Å². The molecule has 0 aliphatic carbocycles. The van der Waals surface area contributed by atoms with Crippen molar-refractivity contribution < 1.29 is 13.2 Å². The maximum absolute atomic E-state index is 12.8. The summed E-state index contributed by atoms with van der Waals surface area (Å²) in [6.45, 7) is 0. The maximum atomic E-state index is 12.8. The topological polar surface area (TPSA) is 56.3 Å². The fourth-order valence-electron chi connectivity index (χ4n) is 2.34. The molecule has 0 fully saturated rings. The van der Waals surface area contributed by atoms with E-state index in [1.165, 1.54) is 13.2 Å². The molecule has 0 atom stereocenters. The van der Waals surface area contributed by atoms with Crippen LogP contribution >= 0.6 is 22.9 Å². The lowest BCUT2D eigenvalue weighted by atomic mass is 10.1. The minimum atomic E-state index is -3.61. The van der Waals surface area contributed by atoms with Gasteiger partial charge in [-0.3, -0.25) is 4.98 Å². The Morgan fingerprint density at radius 3 is 2.71 bits per heavy atom. The summed E-state index contributed by atoms with van der Waals surface area (Å²) in [5.74, 6) is 0.107. The van der Waals surface area contributed by atoms with Gasteiger partial charge in [-0.25, -0.2) is 8.42 Å². The van der Waals surface area contributed by atoms with Crippen LogP contribution in [0.4, 0.5) is 0 Å². The van der Waals surface area contributed by atoms with Gasteiger partial charge in [-0.2, -0.15) is 11.3 Å². The first-order chi connectivity index (χ1) is 11.5. The maximum Gasteiger partial charge on any atom is 0.186 e. The summed E-state index contributed by atoms with van der Waals surface area (Å²) in [4.78, 5) is 4.24.